The number of hydrogen-bond donors (Lipinski definition) is 0. The average Bonchev–Trinajstić information content (AvgIpc) is 3.31. The molecule has 3 atom stereocenters. The van der Waals surface area contributed by atoms with Gasteiger partial charge in [0.1, 0.15) is 5.92 Å². The van der Waals surface area contributed by atoms with Crippen LogP contribution in [0.25, 0.3) is 0 Å². The number of nitro benzene ring substituents is 1. The molecular weight excluding hydrogens is 446 g/mol. The summed E-state index contributed by atoms with van der Waals surface area (Å²) < 4.78 is 0. The Balaban J connectivity index is 1.63. The third kappa shape index (κ3) is 3.44. The van der Waals surface area contributed by atoms with Crippen molar-refractivity contribution in [1.29, 1.82) is 0 Å². The molecule has 0 aromatic heterocycles. The van der Waals surface area contributed by atoms with Gasteiger partial charge in [-0.3, -0.25) is 24.5 Å². The summed E-state index contributed by atoms with van der Waals surface area (Å²) in [7, 11) is 0. The molecule has 33 heavy (non-hydrogen) atoms. The average molecular weight is 464 g/mol. The number of fused-ring (bicyclic) bond motifs is 1. The van der Waals surface area contributed by atoms with Gasteiger partial charge >= 0.3 is 0 Å². The molecule has 0 aliphatic carbocycles. The highest BCUT2D eigenvalue weighted by molar-refractivity contribution is 6.31. The van der Waals surface area contributed by atoms with E-state index in [4.69, 9.17) is 16.4 Å². The van der Waals surface area contributed by atoms with Gasteiger partial charge in [-0.2, -0.15) is 0 Å². The Hall–Kier alpha value is -3.75. The minimum Gasteiger partial charge on any atom is -0.273 e. The van der Waals surface area contributed by atoms with Crippen molar-refractivity contribution < 1.29 is 19.3 Å². The zero-order chi connectivity index (χ0) is 23.3. The second-order valence-corrected chi connectivity index (χ2v) is 8.38. The van der Waals surface area contributed by atoms with Crippen LogP contribution in [0.2, 0.25) is 5.02 Å². The van der Waals surface area contributed by atoms with E-state index >= 15 is 0 Å². The summed E-state index contributed by atoms with van der Waals surface area (Å²) in [5.41, 5.74) is 2.21. The van der Waals surface area contributed by atoms with Crippen molar-refractivity contribution in [2.75, 3.05) is 9.96 Å². The molecule has 0 spiro atoms. The van der Waals surface area contributed by atoms with E-state index in [1.807, 2.05) is 25.1 Å². The summed E-state index contributed by atoms with van der Waals surface area (Å²) in [6.07, 6.45) is -1.08. The van der Waals surface area contributed by atoms with Crippen LogP contribution in [-0.2, 0) is 14.4 Å². The number of nitro groups is 1. The van der Waals surface area contributed by atoms with E-state index in [1.54, 1.807) is 36.4 Å². The summed E-state index contributed by atoms with van der Waals surface area (Å²) in [5.74, 6) is -1.86. The Labute approximate surface area is 194 Å². The molecule has 2 heterocycles. The van der Waals surface area contributed by atoms with Crippen LogP contribution in [0.3, 0.4) is 0 Å². The fourth-order valence-electron chi connectivity index (χ4n) is 4.35. The van der Waals surface area contributed by atoms with E-state index in [1.165, 1.54) is 23.3 Å². The van der Waals surface area contributed by atoms with Gasteiger partial charge < -0.3 is 0 Å². The van der Waals surface area contributed by atoms with Gasteiger partial charge in [0.15, 0.2) is 6.10 Å². The van der Waals surface area contributed by atoms with Gasteiger partial charge in [-0.25, -0.2) is 9.96 Å². The highest BCUT2D eigenvalue weighted by Gasteiger charge is 2.60. The molecule has 2 fully saturated rings. The number of carbonyl (C=O) groups excluding carboxylic acids is 2. The van der Waals surface area contributed by atoms with Crippen molar-refractivity contribution in [2.45, 2.75) is 19.1 Å². The van der Waals surface area contributed by atoms with Crippen LogP contribution < -0.4 is 9.96 Å². The highest BCUT2D eigenvalue weighted by atomic mass is 35.5. The topological polar surface area (TPSA) is 93.0 Å². The lowest BCUT2D eigenvalue weighted by molar-refractivity contribution is -0.384. The number of rotatable bonds is 4. The van der Waals surface area contributed by atoms with Crippen LogP contribution in [0.1, 0.15) is 17.2 Å². The Morgan fingerprint density at radius 1 is 0.939 bits per heavy atom. The first-order valence-corrected chi connectivity index (χ1v) is 10.6. The van der Waals surface area contributed by atoms with E-state index < -0.39 is 34.8 Å². The van der Waals surface area contributed by atoms with E-state index in [0.717, 1.165) is 10.5 Å². The molecule has 2 aliphatic heterocycles. The highest BCUT2D eigenvalue weighted by Crippen LogP contribution is 2.49. The van der Waals surface area contributed by atoms with Gasteiger partial charge in [0.2, 0.25) is 5.91 Å². The minimum absolute atomic E-state index is 0.168. The van der Waals surface area contributed by atoms with Crippen LogP contribution in [-0.4, -0.2) is 22.8 Å². The van der Waals surface area contributed by atoms with Crippen LogP contribution in [0.15, 0.2) is 72.8 Å². The number of non-ortho nitro benzene ring substituents is 1. The number of nitrogens with zero attached hydrogens (tertiary/aromatic N) is 3. The lowest BCUT2D eigenvalue weighted by atomic mass is 9.90. The standard InChI is InChI=1S/C24H18ClN3O5/c1-14-7-9-15(10-8-14)26-23(29)20-21(18-13-17(28(31)32)11-12-19(18)25)27(33-22(20)24(26)30)16-5-3-2-4-6-16/h2-13,20-22H,1H3/t20-,21-,22+/m0/s1. The second kappa shape index (κ2) is 7.99. The number of halogens is 1. The molecule has 166 valence electrons. The van der Waals surface area contributed by atoms with Crippen molar-refractivity contribution in [3.05, 3.63) is 99.1 Å². The van der Waals surface area contributed by atoms with E-state index in [0.29, 0.717) is 16.9 Å². The molecular formula is C24H18ClN3O5. The Morgan fingerprint density at radius 2 is 1.64 bits per heavy atom. The molecule has 0 N–H and O–H groups in total. The van der Waals surface area contributed by atoms with Crippen LogP contribution in [0, 0.1) is 23.0 Å². The fourth-order valence-corrected chi connectivity index (χ4v) is 4.58. The number of amides is 2. The quantitative estimate of drug-likeness (QED) is 0.319. The van der Waals surface area contributed by atoms with Gasteiger partial charge in [-0.15, -0.1) is 0 Å². The molecule has 0 saturated carbocycles. The maximum atomic E-state index is 13.6. The Bertz CT molecular complexity index is 1260. The number of carbonyl (C=O) groups is 2. The number of anilines is 2. The summed E-state index contributed by atoms with van der Waals surface area (Å²) >= 11 is 6.46. The predicted octanol–water partition coefficient (Wildman–Crippen LogP) is 4.61. The molecule has 0 radical (unpaired) electrons. The summed E-state index contributed by atoms with van der Waals surface area (Å²) in [6, 6.07) is 19.2. The third-order valence-corrected chi connectivity index (χ3v) is 6.27. The van der Waals surface area contributed by atoms with Crippen LogP contribution in [0.5, 0.6) is 0 Å². The number of imide groups is 1. The smallest absolute Gasteiger partial charge is 0.269 e. The molecule has 2 aliphatic rings. The third-order valence-electron chi connectivity index (χ3n) is 5.93. The van der Waals surface area contributed by atoms with Crippen LogP contribution >= 0.6 is 11.6 Å². The first-order chi connectivity index (χ1) is 15.9. The van der Waals surface area contributed by atoms with Crippen molar-refractivity contribution >= 4 is 40.5 Å². The predicted molar refractivity (Wildman–Crippen MR) is 122 cm³/mol. The molecule has 3 aromatic carbocycles. The van der Waals surface area contributed by atoms with Crippen molar-refractivity contribution in [1.82, 2.24) is 0 Å². The van der Waals surface area contributed by atoms with E-state index in [9.17, 15) is 19.7 Å². The maximum Gasteiger partial charge on any atom is 0.269 e. The molecule has 9 heteroatoms. The number of benzene rings is 3. The lowest BCUT2D eigenvalue weighted by Crippen LogP contribution is -2.37. The zero-order valence-electron chi connectivity index (χ0n) is 17.4. The molecule has 0 bridgehead atoms. The van der Waals surface area contributed by atoms with Gasteiger partial charge in [-0.1, -0.05) is 47.5 Å². The minimum atomic E-state index is -1.08. The van der Waals surface area contributed by atoms with Crippen molar-refractivity contribution in [3.8, 4) is 0 Å². The molecule has 2 amide bonds. The first kappa shape index (κ1) is 21.1. The second-order valence-electron chi connectivity index (χ2n) is 7.97. The number of hydrogen-bond acceptors (Lipinski definition) is 6. The van der Waals surface area contributed by atoms with Crippen molar-refractivity contribution in [2.24, 2.45) is 5.92 Å². The zero-order valence-corrected chi connectivity index (χ0v) is 18.2. The SMILES string of the molecule is Cc1ccc(N2C(=O)[C@@H]3[C@@H](ON(c4ccccc4)[C@H]3c3cc([N+](=O)[O-])ccc3Cl)C2=O)cc1. The number of aryl methyl sites for hydroxylation is 1. The number of para-hydroxylation sites is 1. The largest absolute Gasteiger partial charge is 0.273 e. The molecule has 8 nitrogen and oxygen atoms in total. The van der Waals surface area contributed by atoms with Crippen molar-refractivity contribution in [3.63, 3.8) is 0 Å². The van der Waals surface area contributed by atoms with Gasteiger partial charge in [0, 0.05) is 22.7 Å². The lowest BCUT2D eigenvalue weighted by Gasteiger charge is -2.29. The van der Waals surface area contributed by atoms with Gasteiger partial charge in [0.25, 0.3) is 11.6 Å². The molecule has 2 saturated heterocycles. The first-order valence-electron chi connectivity index (χ1n) is 10.3. The normalized spacial score (nSPS) is 22.1. The molecule has 5 rings (SSSR count). The molecule has 0 unspecified atom stereocenters. The Morgan fingerprint density at radius 3 is 2.30 bits per heavy atom. The van der Waals surface area contributed by atoms with Gasteiger partial charge in [-0.05, 0) is 37.3 Å². The summed E-state index contributed by atoms with van der Waals surface area (Å²) in [6.45, 7) is 1.91. The van der Waals surface area contributed by atoms with E-state index in [-0.39, 0.29) is 10.7 Å². The van der Waals surface area contributed by atoms with E-state index in [2.05, 4.69) is 0 Å². The van der Waals surface area contributed by atoms with Gasteiger partial charge in [0.05, 0.1) is 22.3 Å². The summed E-state index contributed by atoms with van der Waals surface area (Å²) in [4.78, 5) is 45.0. The molecule has 3 aromatic rings. The fraction of sp³-hybridized carbons (Fsp3) is 0.167. The maximum absolute atomic E-state index is 13.6. The summed E-state index contributed by atoms with van der Waals surface area (Å²) in [5, 5.41) is 13.1. The Kier molecular flexibility index (Phi) is 5.11. The van der Waals surface area contributed by atoms with Crippen LogP contribution in [0.4, 0.5) is 17.1 Å². The number of hydroxylamine groups is 1. The monoisotopic (exact) mass is 463 g/mol.